The van der Waals surface area contributed by atoms with Gasteiger partial charge in [0, 0.05) is 6.20 Å². The van der Waals surface area contributed by atoms with Crippen molar-refractivity contribution in [2.24, 2.45) is 0 Å². The fraction of sp³-hybridized carbons (Fsp3) is 0.400. The van der Waals surface area contributed by atoms with Gasteiger partial charge in [-0.05, 0) is 6.42 Å². The summed E-state index contributed by atoms with van der Waals surface area (Å²) in [6.07, 6.45) is 1.85. The summed E-state index contributed by atoms with van der Waals surface area (Å²) in [4.78, 5) is 15.6. The van der Waals surface area contributed by atoms with Gasteiger partial charge in [-0.3, -0.25) is 4.79 Å². The molecule has 1 aromatic rings. The van der Waals surface area contributed by atoms with Crippen molar-refractivity contribution in [3.8, 4) is 0 Å². The summed E-state index contributed by atoms with van der Waals surface area (Å²) >= 11 is 17.4. The number of amides is 1. The topological polar surface area (TPSA) is 62.2 Å². The van der Waals surface area contributed by atoms with Crippen molar-refractivity contribution in [2.75, 3.05) is 6.61 Å². The SMILES string of the molecule is CC[C@H](CO)NC(=O)c1ncc(Cl)c(Cl)c1Cl. The Bertz CT molecular complexity index is 422. The van der Waals surface area contributed by atoms with Crippen LogP contribution < -0.4 is 5.32 Å². The highest BCUT2D eigenvalue weighted by Gasteiger charge is 2.18. The van der Waals surface area contributed by atoms with E-state index in [0.717, 1.165) is 0 Å². The predicted molar refractivity (Wildman–Crippen MR) is 67.9 cm³/mol. The van der Waals surface area contributed by atoms with Crippen molar-refractivity contribution in [3.63, 3.8) is 0 Å². The number of carbonyl (C=O) groups excluding carboxylic acids is 1. The van der Waals surface area contributed by atoms with Crippen LogP contribution in [0.1, 0.15) is 23.8 Å². The summed E-state index contributed by atoms with van der Waals surface area (Å²) in [5.41, 5.74) is -0.00651. The lowest BCUT2D eigenvalue weighted by molar-refractivity contribution is 0.0910. The van der Waals surface area contributed by atoms with Crippen LogP contribution in [0.3, 0.4) is 0 Å². The van der Waals surface area contributed by atoms with E-state index in [4.69, 9.17) is 39.9 Å². The van der Waals surface area contributed by atoms with Gasteiger partial charge in [0.15, 0.2) is 0 Å². The molecule has 0 spiro atoms. The predicted octanol–water partition coefficient (Wildman–Crippen LogP) is 2.54. The third-order valence-corrected chi connectivity index (χ3v) is 3.42. The molecule has 1 aromatic heterocycles. The molecular formula is C10H11Cl3N2O2. The number of nitrogens with one attached hydrogen (secondary N) is 1. The van der Waals surface area contributed by atoms with Crippen molar-refractivity contribution >= 4 is 40.7 Å². The van der Waals surface area contributed by atoms with E-state index in [9.17, 15) is 4.79 Å². The number of aliphatic hydroxyl groups excluding tert-OH is 1. The fourth-order valence-corrected chi connectivity index (χ4v) is 1.70. The Morgan fingerprint density at radius 1 is 1.47 bits per heavy atom. The first-order chi connectivity index (χ1) is 8.01. The maximum absolute atomic E-state index is 11.8. The van der Waals surface area contributed by atoms with Crippen LogP contribution in [-0.2, 0) is 0 Å². The molecular weight excluding hydrogens is 286 g/mol. The quantitative estimate of drug-likeness (QED) is 0.898. The highest BCUT2D eigenvalue weighted by Crippen LogP contribution is 2.30. The number of hydrogen-bond acceptors (Lipinski definition) is 3. The summed E-state index contributed by atoms with van der Waals surface area (Å²) in [6, 6.07) is -0.338. The minimum Gasteiger partial charge on any atom is -0.394 e. The zero-order valence-electron chi connectivity index (χ0n) is 9.01. The lowest BCUT2D eigenvalue weighted by atomic mass is 10.2. The largest absolute Gasteiger partial charge is 0.394 e. The molecule has 2 N–H and O–H groups in total. The van der Waals surface area contributed by atoms with E-state index in [0.29, 0.717) is 6.42 Å². The van der Waals surface area contributed by atoms with Crippen LogP contribution in [0.2, 0.25) is 15.1 Å². The van der Waals surface area contributed by atoms with Gasteiger partial charge >= 0.3 is 0 Å². The van der Waals surface area contributed by atoms with Crippen molar-refractivity contribution in [1.82, 2.24) is 10.3 Å². The molecule has 0 aliphatic carbocycles. The Hall–Kier alpha value is -0.550. The number of nitrogens with zero attached hydrogens (tertiary/aromatic N) is 1. The van der Waals surface area contributed by atoms with Crippen LogP contribution in [0.25, 0.3) is 0 Å². The summed E-state index contributed by atoms with van der Waals surface area (Å²) < 4.78 is 0. The second-order valence-corrected chi connectivity index (χ2v) is 4.51. The van der Waals surface area contributed by atoms with Gasteiger partial charge in [-0.25, -0.2) is 4.98 Å². The number of rotatable bonds is 4. The first kappa shape index (κ1) is 14.5. The smallest absolute Gasteiger partial charge is 0.271 e. The van der Waals surface area contributed by atoms with Gasteiger partial charge in [0.2, 0.25) is 0 Å². The van der Waals surface area contributed by atoms with Gasteiger partial charge in [0.1, 0.15) is 5.69 Å². The highest BCUT2D eigenvalue weighted by atomic mass is 35.5. The molecule has 4 nitrogen and oxygen atoms in total. The van der Waals surface area contributed by atoms with E-state index < -0.39 is 5.91 Å². The highest BCUT2D eigenvalue weighted by molar-refractivity contribution is 6.48. The maximum atomic E-state index is 11.8. The molecule has 1 atom stereocenters. The van der Waals surface area contributed by atoms with Crippen LogP contribution in [0, 0.1) is 0 Å². The van der Waals surface area contributed by atoms with Gasteiger partial charge in [0.05, 0.1) is 27.7 Å². The molecule has 94 valence electrons. The number of carbonyl (C=O) groups is 1. The molecule has 1 heterocycles. The molecule has 7 heteroatoms. The molecule has 1 amide bonds. The van der Waals surface area contributed by atoms with E-state index in [1.165, 1.54) is 6.20 Å². The van der Waals surface area contributed by atoms with E-state index in [2.05, 4.69) is 10.3 Å². The minimum absolute atomic E-state index is 0.00413. The summed E-state index contributed by atoms with van der Waals surface area (Å²) in [5, 5.41) is 11.8. The van der Waals surface area contributed by atoms with E-state index >= 15 is 0 Å². The van der Waals surface area contributed by atoms with Gasteiger partial charge in [0.25, 0.3) is 5.91 Å². The van der Waals surface area contributed by atoms with Crippen LogP contribution in [0.4, 0.5) is 0 Å². The molecule has 0 aliphatic rings. The summed E-state index contributed by atoms with van der Waals surface area (Å²) in [6.45, 7) is 1.69. The van der Waals surface area contributed by atoms with Crippen LogP contribution >= 0.6 is 34.8 Å². The molecule has 0 fully saturated rings. The standard InChI is InChI=1S/C10H11Cl3N2O2/c1-2-5(4-16)15-10(17)9-8(13)7(12)6(11)3-14-9/h3,5,16H,2,4H2,1H3,(H,15,17)/t5-/m1/s1. The monoisotopic (exact) mass is 296 g/mol. The summed E-state index contributed by atoms with van der Waals surface area (Å²) in [5.74, 6) is -0.491. The number of pyridine rings is 1. The maximum Gasteiger partial charge on any atom is 0.271 e. The van der Waals surface area contributed by atoms with Gasteiger partial charge in [-0.1, -0.05) is 41.7 Å². The third kappa shape index (κ3) is 3.45. The lowest BCUT2D eigenvalue weighted by Crippen LogP contribution is -2.37. The van der Waals surface area contributed by atoms with E-state index in [1.807, 2.05) is 6.92 Å². The van der Waals surface area contributed by atoms with Gasteiger partial charge in [-0.15, -0.1) is 0 Å². The Labute approximate surface area is 114 Å². The Kier molecular flexibility index (Phi) is 5.46. The fourth-order valence-electron chi connectivity index (χ4n) is 1.13. The molecule has 0 radical (unpaired) electrons. The summed E-state index contributed by atoms with van der Waals surface area (Å²) in [7, 11) is 0. The zero-order valence-corrected chi connectivity index (χ0v) is 11.3. The van der Waals surface area contributed by atoms with Crippen molar-refractivity contribution in [3.05, 3.63) is 27.0 Å². The van der Waals surface area contributed by atoms with Crippen LogP contribution in [0.15, 0.2) is 6.20 Å². The molecule has 0 bridgehead atoms. The Balaban J connectivity index is 2.93. The molecule has 0 unspecified atom stereocenters. The second-order valence-electron chi connectivity index (χ2n) is 3.34. The first-order valence-electron chi connectivity index (χ1n) is 4.92. The van der Waals surface area contributed by atoms with Crippen LogP contribution in [0.5, 0.6) is 0 Å². The van der Waals surface area contributed by atoms with Crippen molar-refractivity contribution in [1.29, 1.82) is 0 Å². The normalized spacial score (nSPS) is 12.3. The molecule has 0 saturated heterocycles. The number of aliphatic hydroxyl groups is 1. The molecule has 0 saturated carbocycles. The van der Waals surface area contributed by atoms with E-state index in [-0.39, 0.29) is 33.4 Å². The second kappa shape index (κ2) is 6.40. The molecule has 0 aliphatic heterocycles. The van der Waals surface area contributed by atoms with Gasteiger partial charge < -0.3 is 10.4 Å². The first-order valence-corrected chi connectivity index (χ1v) is 6.05. The Morgan fingerprint density at radius 2 is 2.12 bits per heavy atom. The molecule has 0 aromatic carbocycles. The minimum atomic E-state index is -0.491. The van der Waals surface area contributed by atoms with E-state index in [1.54, 1.807) is 0 Å². The lowest BCUT2D eigenvalue weighted by Gasteiger charge is -2.14. The zero-order chi connectivity index (χ0) is 13.0. The van der Waals surface area contributed by atoms with Gasteiger partial charge in [-0.2, -0.15) is 0 Å². The Morgan fingerprint density at radius 3 is 2.65 bits per heavy atom. The number of aromatic nitrogens is 1. The average Bonchev–Trinajstić information content (AvgIpc) is 2.32. The average molecular weight is 298 g/mol. The molecule has 17 heavy (non-hydrogen) atoms. The van der Waals surface area contributed by atoms with Crippen molar-refractivity contribution < 1.29 is 9.90 Å². The third-order valence-electron chi connectivity index (χ3n) is 2.18. The number of hydrogen-bond donors (Lipinski definition) is 2. The number of halogens is 3. The van der Waals surface area contributed by atoms with Crippen molar-refractivity contribution in [2.45, 2.75) is 19.4 Å². The van der Waals surface area contributed by atoms with Crippen LogP contribution in [-0.4, -0.2) is 28.6 Å². The molecule has 1 rings (SSSR count).